The molecular weight excluding hydrogens is 285 g/mol. The van der Waals surface area contributed by atoms with E-state index in [1.54, 1.807) is 6.92 Å². The van der Waals surface area contributed by atoms with E-state index in [4.69, 9.17) is 0 Å². The molecule has 0 aromatic carbocycles. The molecule has 0 radical (unpaired) electrons. The molecule has 7 heteroatoms. The predicted molar refractivity (Wildman–Crippen MR) is 70.4 cm³/mol. The summed E-state index contributed by atoms with van der Waals surface area (Å²) in [7, 11) is 0. The Bertz CT molecular complexity index is 444. The Morgan fingerprint density at radius 1 is 1.19 bits per heavy atom. The zero-order chi connectivity index (χ0) is 15.9. The first-order valence-corrected chi connectivity index (χ1v) is 7.36. The molecule has 1 heterocycles. The Hall–Kier alpha value is -1.27. The minimum absolute atomic E-state index is 0.266. The lowest BCUT2D eigenvalue weighted by molar-refractivity contribution is -0.190. The number of rotatable bonds is 2. The van der Waals surface area contributed by atoms with Crippen molar-refractivity contribution >= 4 is 11.8 Å². The van der Waals surface area contributed by atoms with Crippen molar-refractivity contribution in [3.63, 3.8) is 0 Å². The summed E-state index contributed by atoms with van der Waals surface area (Å²) >= 11 is 0. The molecule has 1 aliphatic heterocycles. The van der Waals surface area contributed by atoms with Crippen LogP contribution in [-0.2, 0) is 9.59 Å². The summed E-state index contributed by atoms with van der Waals surface area (Å²) in [4.78, 5) is 25.9. The molecule has 0 bridgehead atoms. The average molecular weight is 306 g/mol. The number of hydrogen-bond acceptors (Lipinski definition) is 2. The molecule has 0 aromatic heterocycles. The Morgan fingerprint density at radius 3 is 2.24 bits per heavy atom. The maximum absolute atomic E-state index is 12.9. The summed E-state index contributed by atoms with van der Waals surface area (Å²) in [6, 6.07) is 0. The molecule has 0 aromatic rings. The van der Waals surface area contributed by atoms with Gasteiger partial charge >= 0.3 is 6.18 Å². The molecule has 1 saturated heterocycles. The van der Waals surface area contributed by atoms with Crippen LogP contribution >= 0.6 is 0 Å². The molecule has 1 spiro atoms. The van der Waals surface area contributed by atoms with Gasteiger partial charge in [0.05, 0.1) is 0 Å². The van der Waals surface area contributed by atoms with Gasteiger partial charge in [0.15, 0.2) is 0 Å². The fourth-order valence-corrected chi connectivity index (χ4v) is 3.31. The minimum Gasteiger partial charge on any atom is -0.340 e. The average Bonchev–Trinajstić information content (AvgIpc) is 2.42. The van der Waals surface area contributed by atoms with Crippen molar-refractivity contribution < 1.29 is 22.8 Å². The second-order valence-electron chi connectivity index (χ2n) is 6.24. The maximum atomic E-state index is 12.9. The topological polar surface area (TPSA) is 49.4 Å². The molecule has 2 rings (SSSR count). The first-order chi connectivity index (χ1) is 9.65. The van der Waals surface area contributed by atoms with Gasteiger partial charge in [-0.1, -0.05) is 26.2 Å². The Labute approximate surface area is 122 Å². The SMILES string of the molecule is CCC1(C)NC(=O)C2(CCCCC2)N(CC(F)(F)F)C1=O. The Balaban J connectivity index is 2.42. The normalized spacial score (nSPS) is 29.7. The third-order valence-electron chi connectivity index (χ3n) is 4.77. The zero-order valence-corrected chi connectivity index (χ0v) is 12.3. The highest BCUT2D eigenvalue weighted by atomic mass is 19.4. The quantitative estimate of drug-likeness (QED) is 0.851. The van der Waals surface area contributed by atoms with Crippen LogP contribution in [-0.4, -0.2) is 40.5 Å². The predicted octanol–water partition coefficient (Wildman–Crippen LogP) is 2.38. The Kier molecular flexibility index (Phi) is 3.97. The number of hydrogen-bond donors (Lipinski definition) is 1. The molecule has 2 aliphatic rings. The summed E-state index contributed by atoms with van der Waals surface area (Å²) in [5.74, 6) is -1.06. The number of amides is 2. The van der Waals surface area contributed by atoms with Gasteiger partial charge in [0, 0.05) is 0 Å². The molecular formula is C14H21F3N2O2. The third-order valence-corrected chi connectivity index (χ3v) is 4.77. The largest absolute Gasteiger partial charge is 0.406 e. The van der Waals surface area contributed by atoms with Crippen LogP contribution < -0.4 is 5.32 Å². The summed E-state index contributed by atoms with van der Waals surface area (Å²) in [6.07, 6.45) is -1.42. The van der Waals surface area contributed by atoms with E-state index >= 15 is 0 Å². The smallest absolute Gasteiger partial charge is 0.340 e. The number of nitrogens with one attached hydrogen (secondary N) is 1. The molecule has 1 unspecified atom stereocenters. The summed E-state index contributed by atoms with van der Waals surface area (Å²) in [5.41, 5.74) is -2.56. The van der Waals surface area contributed by atoms with Crippen molar-refractivity contribution in [2.75, 3.05) is 6.54 Å². The van der Waals surface area contributed by atoms with Crippen LogP contribution in [0.3, 0.4) is 0 Å². The van der Waals surface area contributed by atoms with E-state index < -0.39 is 35.6 Å². The van der Waals surface area contributed by atoms with Gasteiger partial charge in [0.25, 0.3) is 0 Å². The maximum Gasteiger partial charge on any atom is 0.406 e. The van der Waals surface area contributed by atoms with Crippen LogP contribution in [0.15, 0.2) is 0 Å². The van der Waals surface area contributed by atoms with Gasteiger partial charge in [-0.2, -0.15) is 13.2 Å². The summed E-state index contributed by atoms with van der Waals surface area (Å²) in [5, 5.41) is 2.67. The first-order valence-electron chi connectivity index (χ1n) is 7.36. The van der Waals surface area contributed by atoms with Crippen LogP contribution in [0.25, 0.3) is 0 Å². The minimum atomic E-state index is -4.51. The van der Waals surface area contributed by atoms with Crippen molar-refractivity contribution in [2.24, 2.45) is 0 Å². The standard InChI is InChI=1S/C14H21F3N2O2/c1-3-12(2)11(21)19(9-14(15,16)17)13(10(20)18-12)7-5-4-6-8-13/h3-9H2,1-2H3,(H,18,20). The first kappa shape index (κ1) is 16.1. The van der Waals surface area contributed by atoms with Gasteiger partial charge in [-0.05, 0) is 26.2 Å². The van der Waals surface area contributed by atoms with Crippen molar-refractivity contribution in [3.8, 4) is 0 Å². The third kappa shape index (κ3) is 2.74. The van der Waals surface area contributed by atoms with Gasteiger partial charge in [0.1, 0.15) is 17.6 Å². The van der Waals surface area contributed by atoms with E-state index in [2.05, 4.69) is 5.32 Å². The number of carbonyl (C=O) groups excluding carboxylic acids is 2. The van der Waals surface area contributed by atoms with E-state index in [0.717, 1.165) is 11.3 Å². The molecule has 4 nitrogen and oxygen atoms in total. The number of alkyl halides is 3. The fraction of sp³-hybridized carbons (Fsp3) is 0.857. The van der Waals surface area contributed by atoms with E-state index in [-0.39, 0.29) is 6.42 Å². The van der Waals surface area contributed by atoms with Crippen LogP contribution in [0.2, 0.25) is 0 Å². The summed E-state index contributed by atoms with van der Waals surface area (Å²) in [6.45, 7) is 1.82. The fourth-order valence-electron chi connectivity index (χ4n) is 3.31. The van der Waals surface area contributed by atoms with Gasteiger partial charge in [0.2, 0.25) is 11.8 Å². The van der Waals surface area contributed by atoms with Crippen molar-refractivity contribution in [1.29, 1.82) is 0 Å². The number of nitrogens with zero attached hydrogens (tertiary/aromatic N) is 1. The zero-order valence-electron chi connectivity index (χ0n) is 12.3. The lowest BCUT2D eigenvalue weighted by Gasteiger charge is -2.53. The van der Waals surface area contributed by atoms with Crippen LogP contribution in [0, 0.1) is 0 Å². The van der Waals surface area contributed by atoms with Crippen molar-refractivity contribution in [1.82, 2.24) is 10.2 Å². The van der Waals surface area contributed by atoms with Crippen LogP contribution in [0.5, 0.6) is 0 Å². The van der Waals surface area contributed by atoms with Gasteiger partial charge in [-0.25, -0.2) is 0 Å². The number of carbonyl (C=O) groups is 2. The lowest BCUT2D eigenvalue weighted by Crippen LogP contribution is -2.76. The molecule has 1 aliphatic carbocycles. The van der Waals surface area contributed by atoms with E-state index in [0.29, 0.717) is 25.7 Å². The summed E-state index contributed by atoms with van der Waals surface area (Å²) < 4.78 is 38.7. The molecule has 2 fully saturated rings. The molecule has 1 saturated carbocycles. The molecule has 21 heavy (non-hydrogen) atoms. The lowest BCUT2D eigenvalue weighted by atomic mass is 9.75. The van der Waals surface area contributed by atoms with Gasteiger partial charge in [-0.3, -0.25) is 9.59 Å². The monoisotopic (exact) mass is 306 g/mol. The van der Waals surface area contributed by atoms with E-state index in [9.17, 15) is 22.8 Å². The highest BCUT2D eigenvalue weighted by Gasteiger charge is 2.58. The number of halogens is 3. The molecule has 120 valence electrons. The van der Waals surface area contributed by atoms with E-state index in [1.165, 1.54) is 6.92 Å². The highest BCUT2D eigenvalue weighted by molar-refractivity contribution is 6.02. The van der Waals surface area contributed by atoms with Gasteiger partial charge in [-0.15, -0.1) is 0 Å². The molecule has 1 N–H and O–H groups in total. The Morgan fingerprint density at radius 2 is 1.76 bits per heavy atom. The van der Waals surface area contributed by atoms with Crippen molar-refractivity contribution in [2.45, 2.75) is 69.6 Å². The molecule has 1 atom stereocenters. The van der Waals surface area contributed by atoms with Gasteiger partial charge < -0.3 is 10.2 Å². The molecule has 2 amide bonds. The van der Waals surface area contributed by atoms with Crippen LogP contribution in [0.1, 0.15) is 52.4 Å². The second-order valence-corrected chi connectivity index (χ2v) is 6.24. The van der Waals surface area contributed by atoms with E-state index in [1.807, 2.05) is 0 Å². The highest BCUT2D eigenvalue weighted by Crippen LogP contribution is 2.40. The van der Waals surface area contributed by atoms with Crippen LogP contribution in [0.4, 0.5) is 13.2 Å². The van der Waals surface area contributed by atoms with Crippen molar-refractivity contribution in [3.05, 3.63) is 0 Å². The second kappa shape index (κ2) is 5.18. The number of piperazine rings is 1.